The lowest BCUT2D eigenvalue weighted by Crippen LogP contribution is -1.89. The molecule has 0 bridgehead atoms. The van der Waals surface area contributed by atoms with Crippen LogP contribution in [0.15, 0.2) is 25.0 Å². The topological polar surface area (TPSA) is 22.1 Å². The molecular formula is C9H11NO. The Morgan fingerprint density at radius 3 is 2.82 bits per heavy atom. The van der Waals surface area contributed by atoms with Crippen LogP contribution in [0.3, 0.4) is 0 Å². The van der Waals surface area contributed by atoms with E-state index in [4.69, 9.17) is 4.74 Å². The molecule has 1 heterocycles. The molecule has 0 aliphatic heterocycles. The lowest BCUT2D eigenvalue weighted by molar-refractivity contribution is 0.411. The molecule has 0 unspecified atom stereocenters. The molecule has 11 heavy (non-hydrogen) atoms. The average Bonchev–Trinajstić information content (AvgIpc) is 2.04. The molecule has 0 amide bonds. The van der Waals surface area contributed by atoms with Crippen molar-refractivity contribution < 1.29 is 4.74 Å². The summed E-state index contributed by atoms with van der Waals surface area (Å²) in [7, 11) is 1.63. The van der Waals surface area contributed by atoms with E-state index in [0.29, 0.717) is 0 Å². The van der Waals surface area contributed by atoms with E-state index in [1.54, 1.807) is 19.5 Å². The minimum absolute atomic E-state index is 0.778. The predicted octanol–water partition coefficient (Wildman–Crippen LogP) is 2.12. The van der Waals surface area contributed by atoms with Gasteiger partial charge >= 0.3 is 0 Å². The van der Waals surface area contributed by atoms with Crippen LogP contribution in [0.4, 0.5) is 0 Å². The Labute approximate surface area is 66.5 Å². The molecule has 0 saturated heterocycles. The molecule has 0 aliphatic carbocycles. The Bertz CT molecular complexity index is 268. The zero-order chi connectivity index (χ0) is 8.27. The van der Waals surface area contributed by atoms with Gasteiger partial charge in [-0.2, -0.15) is 0 Å². The van der Waals surface area contributed by atoms with Crippen molar-refractivity contribution in [2.75, 3.05) is 7.11 Å². The van der Waals surface area contributed by atoms with Gasteiger partial charge in [0, 0.05) is 11.8 Å². The third-order valence-electron chi connectivity index (χ3n) is 1.46. The summed E-state index contributed by atoms with van der Waals surface area (Å²) in [4.78, 5) is 3.93. The lowest BCUT2D eigenvalue weighted by atomic mass is 10.1. The van der Waals surface area contributed by atoms with Gasteiger partial charge in [-0.05, 0) is 18.6 Å². The highest BCUT2D eigenvalue weighted by molar-refractivity contribution is 5.66. The van der Waals surface area contributed by atoms with Gasteiger partial charge in [0.25, 0.3) is 0 Å². The first-order valence-corrected chi connectivity index (χ1v) is 3.39. The number of aromatic nitrogens is 1. The number of allylic oxidation sites excluding steroid dienone is 1. The van der Waals surface area contributed by atoms with Crippen molar-refractivity contribution in [3.8, 4) is 5.75 Å². The molecule has 1 aromatic rings. The standard InChI is InChI=1S/C9H11NO/c1-7(2)8-4-5-10-6-9(8)11-3/h4-6H,1H2,2-3H3. The number of rotatable bonds is 2. The summed E-state index contributed by atoms with van der Waals surface area (Å²) in [5, 5.41) is 0. The molecule has 0 aliphatic rings. The fraction of sp³-hybridized carbons (Fsp3) is 0.222. The Kier molecular flexibility index (Phi) is 2.26. The molecule has 0 atom stereocenters. The zero-order valence-corrected chi connectivity index (χ0v) is 6.79. The fourth-order valence-electron chi connectivity index (χ4n) is 0.895. The third kappa shape index (κ3) is 1.58. The molecule has 0 spiro atoms. The van der Waals surface area contributed by atoms with Gasteiger partial charge in [0.15, 0.2) is 0 Å². The van der Waals surface area contributed by atoms with Gasteiger partial charge in [-0.25, -0.2) is 0 Å². The molecule has 58 valence electrons. The van der Waals surface area contributed by atoms with Crippen LogP contribution < -0.4 is 4.74 Å². The second-order valence-corrected chi connectivity index (χ2v) is 2.36. The van der Waals surface area contributed by atoms with Crippen LogP contribution in [-0.4, -0.2) is 12.1 Å². The van der Waals surface area contributed by atoms with E-state index in [9.17, 15) is 0 Å². The second-order valence-electron chi connectivity index (χ2n) is 2.36. The summed E-state index contributed by atoms with van der Waals surface area (Å²) in [6.07, 6.45) is 3.41. The van der Waals surface area contributed by atoms with Crippen LogP contribution in [0.25, 0.3) is 5.57 Å². The second kappa shape index (κ2) is 3.19. The average molecular weight is 149 g/mol. The lowest BCUT2D eigenvalue weighted by Gasteiger charge is -2.05. The third-order valence-corrected chi connectivity index (χ3v) is 1.46. The summed E-state index contributed by atoms with van der Waals surface area (Å²) in [6.45, 7) is 5.77. The van der Waals surface area contributed by atoms with Crippen molar-refractivity contribution in [1.82, 2.24) is 4.98 Å². The van der Waals surface area contributed by atoms with Crippen LogP contribution in [0.5, 0.6) is 5.75 Å². The van der Waals surface area contributed by atoms with Crippen molar-refractivity contribution in [2.45, 2.75) is 6.92 Å². The zero-order valence-electron chi connectivity index (χ0n) is 6.79. The van der Waals surface area contributed by atoms with Crippen molar-refractivity contribution in [3.63, 3.8) is 0 Å². The molecule has 1 rings (SSSR count). The van der Waals surface area contributed by atoms with Gasteiger partial charge in [-0.15, -0.1) is 0 Å². The van der Waals surface area contributed by atoms with Crippen molar-refractivity contribution in [1.29, 1.82) is 0 Å². The van der Waals surface area contributed by atoms with E-state index in [-0.39, 0.29) is 0 Å². The van der Waals surface area contributed by atoms with Crippen molar-refractivity contribution in [3.05, 3.63) is 30.6 Å². The predicted molar refractivity (Wildman–Crippen MR) is 45.5 cm³/mol. The Morgan fingerprint density at radius 1 is 1.64 bits per heavy atom. The molecular weight excluding hydrogens is 138 g/mol. The Hall–Kier alpha value is -1.31. The van der Waals surface area contributed by atoms with E-state index < -0.39 is 0 Å². The highest BCUT2D eigenvalue weighted by Crippen LogP contribution is 2.22. The molecule has 0 aromatic carbocycles. The largest absolute Gasteiger partial charge is 0.495 e. The maximum Gasteiger partial charge on any atom is 0.144 e. The van der Waals surface area contributed by atoms with Crippen LogP contribution >= 0.6 is 0 Å². The van der Waals surface area contributed by atoms with Gasteiger partial charge < -0.3 is 4.74 Å². The van der Waals surface area contributed by atoms with Gasteiger partial charge in [0.2, 0.25) is 0 Å². The molecule has 0 saturated carbocycles. The maximum atomic E-state index is 5.08. The number of ether oxygens (including phenoxy) is 1. The molecule has 2 nitrogen and oxygen atoms in total. The first-order valence-electron chi connectivity index (χ1n) is 3.39. The summed E-state index contributed by atoms with van der Waals surface area (Å²) < 4.78 is 5.08. The van der Waals surface area contributed by atoms with Crippen LogP contribution in [-0.2, 0) is 0 Å². The Morgan fingerprint density at radius 2 is 2.36 bits per heavy atom. The quantitative estimate of drug-likeness (QED) is 0.642. The van der Waals surface area contributed by atoms with E-state index in [1.807, 2.05) is 13.0 Å². The van der Waals surface area contributed by atoms with Crippen molar-refractivity contribution in [2.24, 2.45) is 0 Å². The van der Waals surface area contributed by atoms with E-state index in [2.05, 4.69) is 11.6 Å². The Balaban J connectivity index is 3.12. The highest BCUT2D eigenvalue weighted by atomic mass is 16.5. The van der Waals surface area contributed by atoms with E-state index >= 15 is 0 Å². The number of nitrogens with zero attached hydrogens (tertiary/aromatic N) is 1. The number of hydrogen-bond donors (Lipinski definition) is 0. The molecule has 0 radical (unpaired) electrons. The number of hydrogen-bond acceptors (Lipinski definition) is 2. The number of methoxy groups -OCH3 is 1. The van der Waals surface area contributed by atoms with Crippen LogP contribution in [0.1, 0.15) is 12.5 Å². The summed E-state index contributed by atoms with van der Waals surface area (Å²) in [5.41, 5.74) is 2.01. The van der Waals surface area contributed by atoms with E-state index in [1.165, 1.54) is 0 Å². The first kappa shape index (κ1) is 7.79. The fourth-order valence-corrected chi connectivity index (χ4v) is 0.895. The van der Waals surface area contributed by atoms with Crippen molar-refractivity contribution >= 4 is 5.57 Å². The minimum atomic E-state index is 0.778. The molecule has 0 N–H and O–H groups in total. The normalized spacial score (nSPS) is 9.27. The van der Waals surface area contributed by atoms with Gasteiger partial charge in [-0.1, -0.05) is 6.58 Å². The van der Waals surface area contributed by atoms with Gasteiger partial charge in [0.05, 0.1) is 13.3 Å². The number of pyridine rings is 1. The monoisotopic (exact) mass is 149 g/mol. The van der Waals surface area contributed by atoms with Gasteiger partial charge in [-0.3, -0.25) is 4.98 Å². The SMILES string of the molecule is C=C(C)c1ccncc1OC. The van der Waals surface area contributed by atoms with Gasteiger partial charge in [0.1, 0.15) is 5.75 Å². The van der Waals surface area contributed by atoms with Crippen LogP contribution in [0.2, 0.25) is 0 Å². The molecule has 1 aromatic heterocycles. The molecule has 2 heteroatoms. The van der Waals surface area contributed by atoms with E-state index in [0.717, 1.165) is 16.9 Å². The minimum Gasteiger partial charge on any atom is -0.495 e. The first-order chi connectivity index (χ1) is 5.25. The summed E-state index contributed by atoms with van der Waals surface area (Å²) >= 11 is 0. The summed E-state index contributed by atoms with van der Waals surface area (Å²) in [5.74, 6) is 0.778. The van der Waals surface area contributed by atoms with Crippen LogP contribution in [0, 0.1) is 0 Å². The summed E-state index contributed by atoms with van der Waals surface area (Å²) in [6, 6.07) is 1.89. The molecule has 0 fully saturated rings. The highest BCUT2D eigenvalue weighted by Gasteiger charge is 2.00. The maximum absolute atomic E-state index is 5.08. The smallest absolute Gasteiger partial charge is 0.144 e.